The van der Waals surface area contributed by atoms with E-state index >= 15 is 0 Å². The van der Waals surface area contributed by atoms with E-state index in [9.17, 15) is 4.79 Å². The molecule has 26 heavy (non-hydrogen) atoms. The van der Waals surface area contributed by atoms with Crippen LogP contribution in [0.1, 0.15) is 0 Å². The van der Waals surface area contributed by atoms with Gasteiger partial charge in [-0.05, 0) is 42.0 Å². The highest BCUT2D eigenvalue weighted by molar-refractivity contribution is 5.92. The van der Waals surface area contributed by atoms with Crippen LogP contribution >= 0.6 is 0 Å². The van der Waals surface area contributed by atoms with Crippen LogP contribution in [0, 0.1) is 0 Å². The Labute approximate surface area is 151 Å². The Balaban J connectivity index is 1.40. The lowest BCUT2D eigenvalue weighted by molar-refractivity contribution is -0.118. The normalized spacial score (nSPS) is 10.6. The lowest BCUT2D eigenvalue weighted by Crippen LogP contribution is -2.20. The molecule has 2 N–H and O–H groups in total. The lowest BCUT2D eigenvalue weighted by Gasteiger charge is -2.08. The third kappa shape index (κ3) is 3.59. The predicted molar refractivity (Wildman–Crippen MR) is 104 cm³/mol. The van der Waals surface area contributed by atoms with Crippen molar-refractivity contribution in [1.82, 2.24) is 4.98 Å². The molecular formula is C22H18N2O2. The number of aromatic amines is 1. The summed E-state index contributed by atoms with van der Waals surface area (Å²) in [4.78, 5) is 15.4. The third-order valence-electron chi connectivity index (χ3n) is 4.12. The van der Waals surface area contributed by atoms with Crippen molar-refractivity contribution in [2.75, 3.05) is 11.9 Å². The molecule has 4 heteroatoms. The van der Waals surface area contributed by atoms with Gasteiger partial charge in [0.05, 0.1) is 0 Å². The summed E-state index contributed by atoms with van der Waals surface area (Å²) in [6.45, 7) is -0.0201. The number of amides is 1. The Morgan fingerprint density at radius 1 is 0.885 bits per heavy atom. The van der Waals surface area contributed by atoms with Gasteiger partial charge in [-0.15, -0.1) is 0 Å². The Kier molecular flexibility index (Phi) is 4.39. The van der Waals surface area contributed by atoms with Crippen LogP contribution in [0.2, 0.25) is 0 Å². The van der Waals surface area contributed by atoms with Gasteiger partial charge in [0.25, 0.3) is 5.91 Å². The first-order chi connectivity index (χ1) is 12.8. The maximum absolute atomic E-state index is 12.0. The van der Waals surface area contributed by atoms with Gasteiger partial charge in [-0.2, -0.15) is 0 Å². The van der Waals surface area contributed by atoms with E-state index in [1.54, 1.807) is 0 Å². The molecule has 0 radical (unpaired) electrons. The molecule has 0 fully saturated rings. The molecule has 4 aromatic rings. The first-order valence-corrected chi connectivity index (χ1v) is 8.44. The molecule has 128 valence electrons. The number of H-pyrrole nitrogens is 1. The average molecular weight is 342 g/mol. The van der Waals surface area contributed by atoms with Gasteiger partial charge in [0.1, 0.15) is 5.75 Å². The van der Waals surface area contributed by atoms with E-state index in [0.717, 1.165) is 22.5 Å². The molecule has 0 saturated heterocycles. The van der Waals surface area contributed by atoms with Gasteiger partial charge >= 0.3 is 0 Å². The Morgan fingerprint density at radius 3 is 2.38 bits per heavy atom. The standard InChI is InChI=1S/C22H18N2O2/c25-22(15-26-19-7-2-1-3-8-19)23-18-12-10-16(11-13-18)21-14-17-6-4-5-9-20(17)24-21/h1-14,24H,15H2,(H,23,25). The van der Waals surface area contributed by atoms with Crippen molar-refractivity contribution >= 4 is 22.5 Å². The smallest absolute Gasteiger partial charge is 0.262 e. The molecule has 4 nitrogen and oxygen atoms in total. The van der Waals surface area contributed by atoms with Crippen LogP contribution in [-0.4, -0.2) is 17.5 Å². The molecule has 4 rings (SSSR count). The van der Waals surface area contributed by atoms with Crippen LogP contribution < -0.4 is 10.1 Å². The van der Waals surface area contributed by atoms with E-state index in [1.807, 2.05) is 66.7 Å². The number of anilines is 1. The van der Waals surface area contributed by atoms with Gasteiger partial charge in [-0.25, -0.2) is 0 Å². The summed E-state index contributed by atoms with van der Waals surface area (Å²) in [6.07, 6.45) is 0. The number of ether oxygens (including phenoxy) is 1. The van der Waals surface area contributed by atoms with Crippen molar-refractivity contribution in [3.8, 4) is 17.0 Å². The number of carbonyl (C=O) groups excluding carboxylic acids is 1. The second-order valence-corrected chi connectivity index (χ2v) is 6.00. The van der Waals surface area contributed by atoms with Crippen LogP contribution in [0.5, 0.6) is 5.75 Å². The first-order valence-electron chi connectivity index (χ1n) is 8.44. The van der Waals surface area contributed by atoms with Gasteiger partial charge in [-0.3, -0.25) is 4.79 Å². The number of hydrogen-bond acceptors (Lipinski definition) is 2. The topological polar surface area (TPSA) is 54.1 Å². The molecule has 1 amide bonds. The summed E-state index contributed by atoms with van der Waals surface area (Å²) in [6, 6.07) is 27.3. The second-order valence-electron chi connectivity index (χ2n) is 6.00. The zero-order valence-electron chi connectivity index (χ0n) is 14.1. The number of nitrogens with one attached hydrogen (secondary N) is 2. The maximum atomic E-state index is 12.0. The van der Waals surface area contributed by atoms with Gasteiger partial charge in [-0.1, -0.05) is 48.5 Å². The molecule has 0 bridgehead atoms. The predicted octanol–water partition coefficient (Wildman–Crippen LogP) is 4.85. The van der Waals surface area contributed by atoms with Crippen molar-refractivity contribution in [2.45, 2.75) is 0 Å². The Bertz CT molecular complexity index is 988. The molecule has 1 heterocycles. The van der Waals surface area contributed by atoms with E-state index in [-0.39, 0.29) is 12.5 Å². The summed E-state index contributed by atoms with van der Waals surface area (Å²) in [5, 5.41) is 4.02. The Morgan fingerprint density at radius 2 is 1.62 bits per heavy atom. The van der Waals surface area contributed by atoms with E-state index in [1.165, 1.54) is 5.39 Å². The van der Waals surface area contributed by atoms with E-state index in [4.69, 9.17) is 4.74 Å². The Hall–Kier alpha value is -3.53. The molecule has 1 aromatic heterocycles. The van der Waals surface area contributed by atoms with Crippen LogP contribution in [-0.2, 0) is 4.79 Å². The van der Waals surface area contributed by atoms with Crippen molar-refractivity contribution < 1.29 is 9.53 Å². The van der Waals surface area contributed by atoms with Crippen molar-refractivity contribution in [1.29, 1.82) is 0 Å². The summed E-state index contributed by atoms with van der Waals surface area (Å²) in [5.74, 6) is 0.490. The number of carbonyl (C=O) groups is 1. The molecule has 0 aliphatic carbocycles. The van der Waals surface area contributed by atoms with Crippen molar-refractivity contribution in [3.05, 3.63) is 84.9 Å². The second kappa shape index (κ2) is 7.15. The maximum Gasteiger partial charge on any atom is 0.262 e. The summed E-state index contributed by atoms with van der Waals surface area (Å²) in [5.41, 5.74) is 3.97. The molecule has 0 unspecified atom stereocenters. The zero-order chi connectivity index (χ0) is 17.8. The minimum Gasteiger partial charge on any atom is -0.484 e. The number of benzene rings is 3. The minimum absolute atomic E-state index is 0.0201. The third-order valence-corrected chi connectivity index (χ3v) is 4.12. The monoisotopic (exact) mass is 342 g/mol. The van der Waals surface area contributed by atoms with E-state index in [2.05, 4.69) is 28.5 Å². The van der Waals surface area contributed by atoms with E-state index < -0.39 is 0 Å². The quantitative estimate of drug-likeness (QED) is 0.544. The zero-order valence-corrected chi connectivity index (χ0v) is 14.1. The highest BCUT2D eigenvalue weighted by atomic mass is 16.5. The SMILES string of the molecule is O=C(COc1ccccc1)Nc1ccc(-c2cc3ccccc3[nH]2)cc1. The number of para-hydroxylation sites is 2. The van der Waals surface area contributed by atoms with Crippen molar-refractivity contribution in [3.63, 3.8) is 0 Å². The molecule has 3 aromatic carbocycles. The fourth-order valence-electron chi connectivity index (χ4n) is 2.82. The van der Waals surface area contributed by atoms with Gasteiger partial charge in [0.15, 0.2) is 6.61 Å². The van der Waals surface area contributed by atoms with Crippen LogP contribution in [0.4, 0.5) is 5.69 Å². The molecule has 0 spiro atoms. The molecule has 0 aliphatic heterocycles. The molecule has 0 saturated carbocycles. The van der Waals surface area contributed by atoms with Gasteiger partial charge < -0.3 is 15.0 Å². The molecule has 0 aliphatic rings. The van der Waals surface area contributed by atoms with Gasteiger partial charge in [0, 0.05) is 22.3 Å². The van der Waals surface area contributed by atoms with E-state index in [0.29, 0.717) is 5.75 Å². The van der Waals surface area contributed by atoms with Crippen LogP contribution in [0.25, 0.3) is 22.2 Å². The van der Waals surface area contributed by atoms with Crippen LogP contribution in [0.3, 0.4) is 0 Å². The largest absolute Gasteiger partial charge is 0.484 e. The number of aromatic nitrogens is 1. The number of fused-ring (bicyclic) bond motifs is 1. The van der Waals surface area contributed by atoms with Gasteiger partial charge in [0.2, 0.25) is 0 Å². The first kappa shape index (κ1) is 16.0. The van der Waals surface area contributed by atoms with Crippen LogP contribution in [0.15, 0.2) is 84.9 Å². The van der Waals surface area contributed by atoms with Crippen molar-refractivity contribution in [2.24, 2.45) is 0 Å². The number of hydrogen-bond donors (Lipinski definition) is 2. The summed E-state index contributed by atoms with van der Waals surface area (Å²) >= 11 is 0. The minimum atomic E-state index is -0.188. The average Bonchev–Trinajstić information content (AvgIpc) is 3.12. The lowest BCUT2D eigenvalue weighted by atomic mass is 10.1. The molecular weight excluding hydrogens is 324 g/mol. The summed E-state index contributed by atoms with van der Waals surface area (Å²) in [7, 11) is 0. The number of rotatable bonds is 5. The highest BCUT2D eigenvalue weighted by Gasteiger charge is 2.06. The highest BCUT2D eigenvalue weighted by Crippen LogP contribution is 2.25. The summed E-state index contributed by atoms with van der Waals surface area (Å²) < 4.78 is 5.45. The molecule has 0 atom stereocenters. The fraction of sp³-hybridized carbons (Fsp3) is 0.0455. The fourth-order valence-corrected chi connectivity index (χ4v) is 2.82.